The highest BCUT2D eigenvalue weighted by Crippen LogP contribution is 2.20. The second-order valence-corrected chi connectivity index (χ2v) is 5.46. The van der Waals surface area contributed by atoms with Gasteiger partial charge < -0.3 is 14.8 Å². The van der Waals surface area contributed by atoms with Crippen LogP contribution in [0.1, 0.15) is 32.6 Å². The Morgan fingerprint density at radius 1 is 1.04 bits per heavy atom. The summed E-state index contributed by atoms with van der Waals surface area (Å²) < 4.78 is 11.2. The lowest BCUT2D eigenvalue weighted by Crippen LogP contribution is -2.20. The number of nitrogens with one attached hydrogen (secondary N) is 1. The first-order valence-corrected chi connectivity index (χ1v) is 8.33. The molecule has 0 atom stereocenters. The van der Waals surface area contributed by atoms with Crippen molar-refractivity contribution in [2.45, 2.75) is 32.6 Å². The van der Waals surface area contributed by atoms with E-state index in [1.165, 1.54) is 19.3 Å². The first-order chi connectivity index (χ1) is 11.8. The summed E-state index contributed by atoms with van der Waals surface area (Å²) in [6, 6.07) is 10.8. The van der Waals surface area contributed by atoms with E-state index >= 15 is 0 Å². The Hall–Kier alpha value is -2.56. The van der Waals surface area contributed by atoms with E-state index in [4.69, 9.17) is 9.47 Å². The molecule has 0 bridgehead atoms. The van der Waals surface area contributed by atoms with E-state index in [-0.39, 0.29) is 12.5 Å². The zero-order chi connectivity index (χ0) is 17.0. The van der Waals surface area contributed by atoms with Crippen molar-refractivity contribution in [3.05, 3.63) is 48.8 Å². The fourth-order valence-corrected chi connectivity index (χ4v) is 2.15. The summed E-state index contributed by atoms with van der Waals surface area (Å²) in [4.78, 5) is 15.8. The Bertz CT molecular complexity index is 617. The molecule has 0 radical (unpaired) electrons. The number of ether oxygens (including phenoxy) is 2. The highest BCUT2D eigenvalue weighted by atomic mass is 16.5. The van der Waals surface area contributed by atoms with Gasteiger partial charge >= 0.3 is 0 Å². The average molecular weight is 328 g/mol. The molecule has 1 heterocycles. The number of pyridine rings is 1. The predicted octanol–water partition coefficient (Wildman–Crippen LogP) is 4.06. The molecule has 0 saturated carbocycles. The number of aromatic nitrogens is 1. The molecular weight excluding hydrogens is 304 g/mol. The van der Waals surface area contributed by atoms with Crippen molar-refractivity contribution in [1.82, 2.24) is 4.98 Å². The molecule has 128 valence electrons. The molecule has 1 aromatic carbocycles. The normalized spacial score (nSPS) is 10.2. The molecule has 0 unspecified atom stereocenters. The first-order valence-electron chi connectivity index (χ1n) is 8.33. The molecule has 1 N–H and O–H groups in total. The van der Waals surface area contributed by atoms with Crippen LogP contribution in [0.2, 0.25) is 0 Å². The quantitative estimate of drug-likeness (QED) is 0.668. The van der Waals surface area contributed by atoms with Crippen molar-refractivity contribution in [3.63, 3.8) is 0 Å². The average Bonchev–Trinajstić information content (AvgIpc) is 2.61. The molecule has 1 aromatic heterocycles. The van der Waals surface area contributed by atoms with E-state index in [0.29, 0.717) is 18.0 Å². The number of carbonyl (C=O) groups excluding carboxylic acids is 1. The topological polar surface area (TPSA) is 60.5 Å². The molecule has 5 heteroatoms. The summed E-state index contributed by atoms with van der Waals surface area (Å²) in [5, 5.41) is 2.75. The summed E-state index contributed by atoms with van der Waals surface area (Å²) in [5.74, 6) is 1.16. The van der Waals surface area contributed by atoms with Crippen LogP contribution in [0.4, 0.5) is 5.69 Å². The van der Waals surface area contributed by atoms with Gasteiger partial charge in [0.05, 0.1) is 6.61 Å². The maximum Gasteiger partial charge on any atom is 0.262 e. The van der Waals surface area contributed by atoms with Crippen molar-refractivity contribution in [2.24, 2.45) is 0 Å². The van der Waals surface area contributed by atoms with Gasteiger partial charge in [-0.15, -0.1) is 0 Å². The molecule has 24 heavy (non-hydrogen) atoms. The summed E-state index contributed by atoms with van der Waals surface area (Å²) in [6.07, 6.45) is 7.93. The second kappa shape index (κ2) is 10.3. The van der Waals surface area contributed by atoms with Crippen LogP contribution in [0.25, 0.3) is 0 Å². The molecule has 0 fully saturated rings. The minimum absolute atomic E-state index is 0.0533. The second-order valence-electron chi connectivity index (χ2n) is 5.46. The van der Waals surface area contributed by atoms with Crippen molar-refractivity contribution >= 4 is 11.6 Å². The minimum Gasteiger partial charge on any atom is -0.493 e. The SMILES string of the molecule is CCCCCCOc1cccc(OCC(=O)Nc2ccncc2)c1. The van der Waals surface area contributed by atoms with Gasteiger partial charge in [-0.05, 0) is 30.7 Å². The van der Waals surface area contributed by atoms with Crippen molar-refractivity contribution in [1.29, 1.82) is 0 Å². The van der Waals surface area contributed by atoms with E-state index in [1.54, 1.807) is 30.6 Å². The minimum atomic E-state index is -0.216. The number of nitrogens with zero attached hydrogens (tertiary/aromatic N) is 1. The van der Waals surface area contributed by atoms with E-state index in [9.17, 15) is 4.79 Å². The number of hydrogen-bond donors (Lipinski definition) is 1. The highest BCUT2D eigenvalue weighted by molar-refractivity contribution is 5.91. The van der Waals surface area contributed by atoms with Crippen LogP contribution in [0.3, 0.4) is 0 Å². The molecule has 0 aliphatic heterocycles. The Morgan fingerprint density at radius 2 is 1.79 bits per heavy atom. The molecule has 1 amide bonds. The van der Waals surface area contributed by atoms with Gasteiger partial charge in [0.2, 0.25) is 0 Å². The molecule has 5 nitrogen and oxygen atoms in total. The number of rotatable bonds is 10. The van der Waals surface area contributed by atoms with Crippen LogP contribution >= 0.6 is 0 Å². The first kappa shape index (κ1) is 17.8. The third-order valence-corrected chi connectivity index (χ3v) is 3.41. The molecule has 2 rings (SSSR count). The third-order valence-electron chi connectivity index (χ3n) is 3.41. The number of hydrogen-bond acceptors (Lipinski definition) is 4. The van der Waals surface area contributed by atoms with Gasteiger partial charge in [-0.2, -0.15) is 0 Å². The molecule has 0 aliphatic carbocycles. The van der Waals surface area contributed by atoms with Crippen LogP contribution in [0, 0.1) is 0 Å². The molecular formula is C19H24N2O3. The maximum atomic E-state index is 11.9. The predicted molar refractivity (Wildman–Crippen MR) is 94.4 cm³/mol. The smallest absolute Gasteiger partial charge is 0.262 e. The standard InChI is InChI=1S/C19H24N2O3/c1-2-3-4-5-13-23-17-7-6-8-18(14-17)24-15-19(22)21-16-9-11-20-12-10-16/h6-12,14H,2-5,13,15H2,1H3,(H,20,21,22). The number of benzene rings is 1. The van der Waals surface area contributed by atoms with Gasteiger partial charge in [0, 0.05) is 24.1 Å². The Labute approximate surface area is 143 Å². The molecule has 0 aliphatic rings. The van der Waals surface area contributed by atoms with E-state index in [1.807, 2.05) is 18.2 Å². The fourth-order valence-electron chi connectivity index (χ4n) is 2.15. The lowest BCUT2D eigenvalue weighted by molar-refractivity contribution is -0.118. The zero-order valence-electron chi connectivity index (χ0n) is 14.0. The number of amides is 1. The van der Waals surface area contributed by atoms with Gasteiger partial charge in [0.15, 0.2) is 6.61 Å². The highest BCUT2D eigenvalue weighted by Gasteiger charge is 2.04. The lowest BCUT2D eigenvalue weighted by atomic mass is 10.2. The molecule has 0 saturated heterocycles. The Morgan fingerprint density at radius 3 is 2.54 bits per heavy atom. The van der Waals surface area contributed by atoms with Crippen LogP contribution in [-0.4, -0.2) is 24.1 Å². The van der Waals surface area contributed by atoms with Crippen LogP contribution in [0.5, 0.6) is 11.5 Å². The number of anilines is 1. The summed E-state index contributed by atoms with van der Waals surface area (Å²) in [5.41, 5.74) is 0.697. The largest absolute Gasteiger partial charge is 0.493 e. The van der Waals surface area contributed by atoms with E-state index in [2.05, 4.69) is 17.2 Å². The Kier molecular flexibility index (Phi) is 7.60. The molecule has 0 spiro atoms. The summed E-state index contributed by atoms with van der Waals surface area (Å²) >= 11 is 0. The monoisotopic (exact) mass is 328 g/mol. The van der Waals surface area contributed by atoms with Crippen molar-refractivity contribution in [2.75, 3.05) is 18.5 Å². The molecule has 2 aromatic rings. The lowest BCUT2D eigenvalue weighted by Gasteiger charge is -2.10. The fraction of sp³-hybridized carbons (Fsp3) is 0.368. The van der Waals surface area contributed by atoms with Crippen LogP contribution in [-0.2, 0) is 4.79 Å². The number of carbonyl (C=O) groups is 1. The van der Waals surface area contributed by atoms with Crippen molar-refractivity contribution < 1.29 is 14.3 Å². The van der Waals surface area contributed by atoms with Gasteiger partial charge in [-0.1, -0.05) is 32.3 Å². The van der Waals surface area contributed by atoms with E-state index < -0.39 is 0 Å². The van der Waals surface area contributed by atoms with Gasteiger partial charge in [0.25, 0.3) is 5.91 Å². The van der Waals surface area contributed by atoms with Gasteiger partial charge in [-0.3, -0.25) is 9.78 Å². The zero-order valence-corrected chi connectivity index (χ0v) is 14.0. The third kappa shape index (κ3) is 6.69. The summed E-state index contributed by atoms with van der Waals surface area (Å²) in [6.45, 7) is 2.83. The van der Waals surface area contributed by atoms with Crippen molar-refractivity contribution in [3.8, 4) is 11.5 Å². The van der Waals surface area contributed by atoms with Gasteiger partial charge in [0.1, 0.15) is 11.5 Å². The maximum absolute atomic E-state index is 11.9. The number of unbranched alkanes of at least 4 members (excludes halogenated alkanes) is 3. The van der Waals surface area contributed by atoms with E-state index in [0.717, 1.165) is 12.2 Å². The summed E-state index contributed by atoms with van der Waals surface area (Å²) in [7, 11) is 0. The van der Waals surface area contributed by atoms with Crippen LogP contribution < -0.4 is 14.8 Å². The Balaban J connectivity index is 1.74. The van der Waals surface area contributed by atoms with Crippen LogP contribution in [0.15, 0.2) is 48.8 Å². The van der Waals surface area contributed by atoms with Gasteiger partial charge in [-0.25, -0.2) is 0 Å².